The van der Waals surface area contributed by atoms with E-state index in [1.165, 1.54) is 12.1 Å². The van der Waals surface area contributed by atoms with E-state index in [2.05, 4.69) is 5.32 Å². The second-order valence-electron chi connectivity index (χ2n) is 6.08. The van der Waals surface area contributed by atoms with Crippen LogP contribution in [0.3, 0.4) is 0 Å². The van der Waals surface area contributed by atoms with Crippen molar-refractivity contribution in [3.8, 4) is 0 Å². The largest absolute Gasteiger partial charge is 0.343 e. The highest BCUT2D eigenvalue weighted by atomic mass is 19.1. The number of anilines is 1. The molecule has 1 aliphatic rings. The maximum absolute atomic E-state index is 13.7. The smallest absolute Gasteiger partial charge is 0.261 e. The molecule has 3 aromatic rings. The molecule has 4 rings (SSSR count). The van der Waals surface area contributed by atoms with Gasteiger partial charge in [-0.25, -0.2) is 4.39 Å². The number of nitrogens with zero attached hydrogens (tertiary/aromatic N) is 1. The van der Waals surface area contributed by atoms with Crippen molar-refractivity contribution in [2.45, 2.75) is 19.4 Å². The van der Waals surface area contributed by atoms with Gasteiger partial charge in [-0.2, -0.15) is 0 Å². The Labute approximate surface area is 137 Å². The molecule has 1 atom stereocenters. The van der Waals surface area contributed by atoms with Crippen LogP contribution >= 0.6 is 0 Å². The highest BCUT2D eigenvalue weighted by molar-refractivity contribution is 6.06. The van der Waals surface area contributed by atoms with Gasteiger partial charge in [-0.15, -0.1) is 0 Å². The van der Waals surface area contributed by atoms with E-state index in [-0.39, 0.29) is 22.7 Å². The van der Waals surface area contributed by atoms with Crippen molar-refractivity contribution in [3.63, 3.8) is 0 Å². The summed E-state index contributed by atoms with van der Waals surface area (Å²) in [7, 11) is 0. The summed E-state index contributed by atoms with van der Waals surface area (Å²) < 4.78 is 15.7. The molecular weight excluding hydrogens is 307 g/mol. The van der Waals surface area contributed by atoms with Gasteiger partial charge in [0, 0.05) is 17.6 Å². The highest BCUT2D eigenvalue weighted by Crippen LogP contribution is 2.31. The molecule has 24 heavy (non-hydrogen) atoms. The molecule has 1 unspecified atom stereocenters. The van der Waals surface area contributed by atoms with Crippen LogP contribution in [-0.4, -0.2) is 10.5 Å². The highest BCUT2D eigenvalue weighted by Gasteiger charge is 2.24. The zero-order valence-electron chi connectivity index (χ0n) is 13.0. The van der Waals surface area contributed by atoms with Gasteiger partial charge in [0.15, 0.2) is 0 Å². The standard InChI is InChI=1S/C19H15FN2O2/c1-11-9-12-5-4-6-13-17(12)22(11)10-14(18(13)23)19(24)21-16-8-3-2-7-15(16)20/h2-8,10-11H,9H2,1H3,(H,21,24). The summed E-state index contributed by atoms with van der Waals surface area (Å²) in [6.07, 6.45) is 2.41. The van der Waals surface area contributed by atoms with E-state index in [9.17, 15) is 14.0 Å². The maximum Gasteiger partial charge on any atom is 0.261 e. The average Bonchev–Trinajstić information content (AvgIpc) is 2.89. The summed E-state index contributed by atoms with van der Waals surface area (Å²) in [5.41, 5.74) is 1.75. The number of halogens is 1. The van der Waals surface area contributed by atoms with Gasteiger partial charge in [0.25, 0.3) is 5.91 Å². The molecule has 5 heteroatoms. The Hall–Kier alpha value is -2.95. The Morgan fingerprint density at radius 2 is 2.00 bits per heavy atom. The van der Waals surface area contributed by atoms with E-state index in [1.807, 2.05) is 23.6 Å². The summed E-state index contributed by atoms with van der Waals surface area (Å²) >= 11 is 0. The maximum atomic E-state index is 13.7. The van der Waals surface area contributed by atoms with Crippen LogP contribution in [-0.2, 0) is 6.42 Å². The van der Waals surface area contributed by atoms with Gasteiger partial charge in [0.05, 0.1) is 11.2 Å². The number of carbonyl (C=O) groups is 1. The monoisotopic (exact) mass is 322 g/mol. The Balaban J connectivity index is 1.84. The Morgan fingerprint density at radius 1 is 1.21 bits per heavy atom. The van der Waals surface area contributed by atoms with Gasteiger partial charge in [0.2, 0.25) is 5.43 Å². The van der Waals surface area contributed by atoms with Crippen LogP contribution in [0.15, 0.2) is 53.5 Å². The molecule has 0 spiro atoms. The van der Waals surface area contributed by atoms with Crippen molar-refractivity contribution in [2.24, 2.45) is 0 Å². The zero-order chi connectivity index (χ0) is 16.8. The fourth-order valence-corrected chi connectivity index (χ4v) is 3.33. The summed E-state index contributed by atoms with van der Waals surface area (Å²) in [5.74, 6) is -1.13. The van der Waals surface area contributed by atoms with Gasteiger partial charge in [-0.3, -0.25) is 9.59 Å². The van der Waals surface area contributed by atoms with Gasteiger partial charge in [-0.05, 0) is 37.1 Å². The van der Waals surface area contributed by atoms with Gasteiger partial charge in [-0.1, -0.05) is 24.3 Å². The van der Waals surface area contributed by atoms with Crippen molar-refractivity contribution in [1.82, 2.24) is 4.57 Å². The zero-order valence-corrected chi connectivity index (χ0v) is 13.0. The van der Waals surface area contributed by atoms with Crippen molar-refractivity contribution in [1.29, 1.82) is 0 Å². The number of hydrogen-bond acceptors (Lipinski definition) is 2. The van der Waals surface area contributed by atoms with Crippen molar-refractivity contribution >= 4 is 22.5 Å². The van der Waals surface area contributed by atoms with E-state index in [1.54, 1.807) is 24.4 Å². The Bertz CT molecular complexity index is 1040. The minimum absolute atomic E-state index is 0.0247. The molecule has 1 amide bonds. The molecule has 0 saturated heterocycles. The summed E-state index contributed by atoms with van der Waals surface area (Å²) in [4.78, 5) is 25.2. The molecule has 1 aromatic heterocycles. The molecule has 2 aromatic carbocycles. The quantitative estimate of drug-likeness (QED) is 0.785. The van der Waals surface area contributed by atoms with Crippen LogP contribution in [0.1, 0.15) is 28.9 Å². The predicted molar refractivity (Wildman–Crippen MR) is 91.0 cm³/mol. The third-order valence-electron chi connectivity index (χ3n) is 4.49. The first-order valence-electron chi connectivity index (χ1n) is 7.79. The molecule has 0 radical (unpaired) electrons. The number of benzene rings is 2. The molecule has 0 bridgehead atoms. The average molecular weight is 322 g/mol. The van der Waals surface area contributed by atoms with E-state index in [0.717, 1.165) is 17.5 Å². The molecule has 1 aliphatic heterocycles. The summed E-state index contributed by atoms with van der Waals surface area (Å²) in [6.45, 7) is 2.04. The van der Waals surface area contributed by atoms with Gasteiger partial charge >= 0.3 is 0 Å². The third kappa shape index (κ3) is 2.12. The van der Waals surface area contributed by atoms with E-state index < -0.39 is 11.7 Å². The second-order valence-corrected chi connectivity index (χ2v) is 6.08. The molecule has 0 aliphatic carbocycles. The minimum atomic E-state index is -0.597. The number of nitrogens with one attached hydrogen (secondary N) is 1. The van der Waals surface area contributed by atoms with Crippen LogP contribution in [0.25, 0.3) is 10.9 Å². The number of amides is 1. The fourth-order valence-electron chi connectivity index (χ4n) is 3.33. The molecule has 4 nitrogen and oxygen atoms in total. The first kappa shape index (κ1) is 14.6. The SMILES string of the molecule is CC1Cc2cccc3c(=O)c(C(=O)Nc4ccccc4F)cn1c23. The molecular formula is C19H15FN2O2. The topological polar surface area (TPSA) is 51.1 Å². The predicted octanol–water partition coefficient (Wildman–Crippen LogP) is 3.51. The first-order chi connectivity index (χ1) is 11.6. The molecule has 0 saturated carbocycles. The number of carbonyl (C=O) groups excluding carboxylic acids is 1. The van der Waals surface area contributed by atoms with Crippen LogP contribution < -0.4 is 10.7 Å². The Morgan fingerprint density at radius 3 is 2.79 bits per heavy atom. The molecule has 0 fully saturated rings. The van der Waals surface area contributed by atoms with Crippen LogP contribution in [0.2, 0.25) is 0 Å². The lowest BCUT2D eigenvalue weighted by Gasteiger charge is -2.13. The fraction of sp³-hybridized carbons (Fsp3) is 0.158. The van der Waals surface area contributed by atoms with E-state index in [4.69, 9.17) is 0 Å². The molecule has 2 heterocycles. The van der Waals surface area contributed by atoms with Gasteiger partial charge in [0.1, 0.15) is 11.4 Å². The van der Waals surface area contributed by atoms with E-state index >= 15 is 0 Å². The number of aromatic nitrogens is 1. The molecule has 1 N–H and O–H groups in total. The first-order valence-corrected chi connectivity index (χ1v) is 7.79. The number of rotatable bonds is 2. The summed E-state index contributed by atoms with van der Waals surface area (Å²) in [6, 6.07) is 11.6. The normalized spacial score (nSPS) is 15.7. The number of pyridine rings is 1. The van der Waals surface area contributed by atoms with Crippen LogP contribution in [0.5, 0.6) is 0 Å². The van der Waals surface area contributed by atoms with E-state index in [0.29, 0.717) is 5.39 Å². The van der Waals surface area contributed by atoms with Crippen molar-refractivity contribution < 1.29 is 9.18 Å². The van der Waals surface area contributed by atoms with Crippen LogP contribution in [0.4, 0.5) is 10.1 Å². The summed E-state index contributed by atoms with van der Waals surface area (Å²) in [5, 5.41) is 3.01. The lowest BCUT2D eigenvalue weighted by Crippen LogP contribution is -2.24. The lowest BCUT2D eigenvalue weighted by atomic mass is 10.1. The lowest BCUT2D eigenvalue weighted by molar-refractivity contribution is 0.102. The van der Waals surface area contributed by atoms with Crippen LogP contribution in [0, 0.1) is 5.82 Å². The van der Waals surface area contributed by atoms with Gasteiger partial charge < -0.3 is 9.88 Å². The second kappa shape index (κ2) is 5.30. The number of para-hydroxylation sites is 2. The minimum Gasteiger partial charge on any atom is -0.343 e. The van der Waals surface area contributed by atoms with Crippen molar-refractivity contribution in [3.05, 3.63) is 75.8 Å². The number of hydrogen-bond donors (Lipinski definition) is 1. The third-order valence-corrected chi connectivity index (χ3v) is 4.49. The molecule has 120 valence electrons. The Kier molecular flexibility index (Phi) is 3.23. The van der Waals surface area contributed by atoms with Crippen molar-refractivity contribution in [2.75, 3.05) is 5.32 Å².